The molecule has 1 amide bonds. The Hall–Kier alpha value is -2.00. The Morgan fingerprint density at radius 2 is 2.00 bits per heavy atom. The van der Waals surface area contributed by atoms with E-state index in [-0.39, 0.29) is 5.91 Å². The number of ether oxygens (including phenoxy) is 2. The fourth-order valence-corrected chi connectivity index (χ4v) is 5.59. The summed E-state index contributed by atoms with van der Waals surface area (Å²) in [5, 5.41) is 3.99. The molecular weight excluding hydrogens is 396 g/mol. The molecule has 0 saturated carbocycles. The second kappa shape index (κ2) is 8.57. The summed E-state index contributed by atoms with van der Waals surface area (Å²) in [5.74, 6) is -0.723. The zero-order valence-electron chi connectivity index (χ0n) is 15.6. The van der Waals surface area contributed by atoms with Crippen molar-refractivity contribution in [2.45, 2.75) is 13.0 Å². The minimum atomic E-state index is -0.825. The summed E-state index contributed by atoms with van der Waals surface area (Å²) in [7, 11) is 0. The van der Waals surface area contributed by atoms with Crippen molar-refractivity contribution < 1.29 is 19.1 Å². The van der Waals surface area contributed by atoms with Crippen molar-refractivity contribution in [3.63, 3.8) is 0 Å². The highest BCUT2D eigenvalue weighted by molar-refractivity contribution is 7.33. The average molecular weight is 419 g/mol. The lowest BCUT2D eigenvalue weighted by atomic mass is 10.2. The van der Waals surface area contributed by atoms with E-state index in [1.165, 1.54) is 16.0 Å². The Morgan fingerprint density at radius 1 is 1.21 bits per heavy atom. The van der Waals surface area contributed by atoms with Gasteiger partial charge in [-0.15, -0.1) is 22.7 Å². The number of fused-ring (bicyclic) bond motifs is 3. The zero-order chi connectivity index (χ0) is 19.5. The number of carbonyl (C=O) groups is 2. The molecule has 1 aliphatic heterocycles. The van der Waals surface area contributed by atoms with Crippen molar-refractivity contribution in [3.05, 3.63) is 35.2 Å². The monoisotopic (exact) mass is 418 g/mol. The van der Waals surface area contributed by atoms with Gasteiger partial charge < -0.3 is 14.8 Å². The highest BCUT2D eigenvalue weighted by Gasteiger charge is 2.21. The van der Waals surface area contributed by atoms with Crippen molar-refractivity contribution in [2.75, 3.05) is 39.4 Å². The molecule has 1 aliphatic rings. The molecule has 2 aromatic heterocycles. The summed E-state index contributed by atoms with van der Waals surface area (Å²) >= 11 is 3.08. The van der Waals surface area contributed by atoms with Gasteiger partial charge in [0.1, 0.15) is 4.88 Å². The Balaban J connectivity index is 1.32. The Bertz CT molecular complexity index is 991. The quantitative estimate of drug-likeness (QED) is 0.623. The summed E-state index contributed by atoms with van der Waals surface area (Å²) in [6, 6.07) is 10.0. The standard InChI is InChI=1S/C20H22N2O4S2/c1-13(19(23)21-6-7-22-8-10-25-11-9-22)26-20(24)17-12-16-18(28-17)14-4-2-3-5-15(14)27-16/h2-5,12-13H,6-11H2,1H3,(H,21,23). The number of rotatable bonds is 6. The van der Waals surface area contributed by atoms with E-state index in [4.69, 9.17) is 9.47 Å². The number of nitrogens with zero attached hydrogens (tertiary/aromatic N) is 1. The summed E-state index contributed by atoms with van der Waals surface area (Å²) in [5.41, 5.74) is 0. The van der Waals surface area contributed by atoms with Gasteiger partial charge in [-0.2, -0.15) is 0 Å². The minimum Gasteiger partial charge on any atom is -0.448 e. The van der Waals surface area contributed by atoms with E-state index in [9.17, 15) is 9.59 Å². The van der Waals surface area contributed by atoms with E-state index in [2.05, 4.69) is 22.3 Å². The van der Waals surface area contributed by atoms with E-state index in [0.717, 1.165) is 47.6 Å². The number of nitrogens with one attached hydrogen (secondary N) is 1. The number of esters is 1. The van der Waals surface area contributed by atoms with Gasteiger partial charge in [0, 0.05) is 41.0 Å². The van der Waals surface area contributed by atoms with Crippen LogP contribution in [0.5, 0.6) is 0 Å². The molecular formula is C20H22N2O4S2. The molecule has 1 saturated heterocycles. The lowest BCUT2D eigenvalue weighted by Gasteiger charge is -2.26. The van der Waals surface area contributed by atoms with Crippen LogP contribution in [-0.2, 0) is 14.3 Å². The van der Waals surface area contributed by atoms with E-state index in [1.807, 2.05) is 18.2 Å². The van der Waals surface area contributed by atoms with Crippen LogP contribution in [0, 0.1) is 0 Å². The topological polar surface area (TPSA) is 67.9 Å². The maximum absolute atomic E-state index is 12.5. The number of morpholine rings is 1. The first-order valence-electron chi connectivity index (χ1n) is 9.31. The Kier molecular flexibility index (Phi) is 5.91. The van der Waals surface area contributed by atoms with Crippen LogP contribution in [0.4, 0.5) is 0 Å². The first kappa shape index (κ1) is 19.3. The molecule has 4 rings (SSSR count). The molecule has 0 aliphatic carbocycles. The van der Waals surface area contributed by atoms with Gasteiger partial charge in [0.25, 0.3) is 5.91 Å². The molecule has 148 valence electrons. The molecule has 6 nitrogen and oxygen atoms in total. The molecule has 0 spiro atoms. The van der Waals surface area contributed by atoms with Gasteiger partial charge >= 0.3 is 5.97 Å². The molecule has 1 N–H and O–H groups in total. The van der Waals surface area contributed by atoms with E-state index < -0.39 is 12.1 Å². The number of thiophene rings is 2. The van der Waals surface area contributed by atoms with E-state index >= 15 is 0 Å². The summed E-state index contributed by atoms with van der Waals surface area (Å²) in [4.78, 5) is 27.5. The third-order valence-corrected chi connectivity index (χ3v) is 7.13. The van der Waals surface area contributed by atoms with Crippen LogP contribution in [-0.4, -0.2) is 62.3 Å². The van der Waals surface area contributed by atoms with Gasteiger partial charge in [0.2, 0.25) is 0 Å². The van der Waals surface area contributed by atoms with Crippen LogP contribution >= 0.6 is 22.7 Å². The Morgan fingerprint density at radius 3 is 2.82 bits per heavy atom. The number of hydrogen-bond acceptors (Lipinski definition) is 7. The van der Waals surface area contributed by atoms with Gasteiger partial charge in [0.05, 0.1) is 17.9 Å². The first-order valence-corrected chi connectivity index (χ1v) is 10.9. The normalized spacial score (nSPS) is 16.3. The van der Waals surface area contributed by atoms with Crippen molar-refractivity contribution in [2.24, 2.45) is 0 Å². The van der Waals surface area contributed by atoms with Crippen molar-refractivity contribution >= 4 is 54.0 Å². The van der Waals surface area contributed by atoms with Gasteiger partial charge in [-0.05, 0) is 19.1 Å². The zero-order valence-corrected chi connectivity index (χ0v) is 17.2. The van der Waals surface area contributed by atoms with E-state index in [0.29, 0.717) is 11.4 Å². The first-order chi connectivity index (χ1) is 13.6. The molecule has 1 atom stereocenters. The van der Waals surface area contributed by atoms with Gasteiger partial charge in [-0.3, -0.25) is 9.69 Å². The fraction of sp³-hybridized carbons (Fsp3) is 0.400. The van der Waals surface area contributed by atoms with Crippen molar-refractivity contribution in [1.29, 1.82) is 0 Å². The number of benzene rings is 1. The summed E-state index contributed by atoms with van der Waals surface area (Å²) < 4.78 is 14.1. The Labute approximate surface area is 171 Å². The SMILES string of the molecule is CC(OC(=O)c1cc2sc3ccccc3c2s1)C(=O)NCCN1CCOCC1. The molecule has 3 aromatic rings. The molecule has 28 heavy (non-hydrogen) atoms. The molecule has 0 radical (unpaired) electrons. The lowest BCUT2D eigenvalue weighted by molar-refractivity contribution is -0.129. The van der Waals surface area contributed by atoms with Crippen LogP contribution in [0.1, 0.15) is 16.6 Å². The van der Waals surface area contributed by atoms with Crippen LogP contribution in [0.2, 0.25) is 0 Å². The number of amides is 1. The predicted molar refractivity (Wildman–Crippen MR) is 112 cm³/mol. The predicted octanol–water partition coefficient (Wildman–Crippen LogP) is 3.11. The summed E-state index contributed by atoms with van der Waals surface area (Å²) in [6.07, 6.45) is -0.825. The summed E-state index contributed by atoms with van der Waals surface area (Å²) in [6.45, 7) is 6.12. The average Bonchev–Trinajstić information content (AvgIpc) is 3.27. The largest absolute Gasteiger partial charge is 0.448 e. The second-order valence-corrected chi connectivity index (χ2v) is 8.83. The van der Waals surface area contributed by atoms with Crippen LogP contribution in [0.25, 0.3) is 19.5 Å². The van der Waals surface area contributed by atoms with Crippen molar-refractivity contribution in [1.82, 2.24) is 10.2 Å². The maximum Gasteiger partial charge on any atom is 0.349 e. The fourth-order valence-electron chi connectivity index (χ4n) is 3.18. The molecule has 0 bridgehead atoms. The molecule has 8 heteroatoms. The van der Waals surface area contributed by atoms with Crippen molar-refractivity contribution in [3.8, 4) is 0 Å². The van der Waals surface area contributed by atoms with Gasteiger partial charge in [-0.1, -0.05) is 18.2 Å². The van der Waals surface area contributed by atoms with E-state index in [1.54, 1.807) is 18.3 Å². The highest BCUT2D eigenvalue weighted by atomic mass is 32.1. The molecule has 1 unspecified atom stereocenters. The smallest absolute Gasteiger partial charge is 0.349 e. The highest BCUT2D eigenvalue weighted by Crippen LogP contribution is 2.39. The van der Waals surface area contributed by atoms with Crippen LogP contribution in [0.15, 0.2) is 30.3 Å². The number of carbonyl (C=O) groups excluding carboxylic acids is 2. The lowest BCUT2D eigenvalue weighted by Crippen LogP contribution is -2.43. The third-order valence-electron chi connectivity index (χ3n) is 4.73. The van der Waals surface area contributed by atoms with Crippen LogP contribution in [0.3, 0.4) is 0 Å². The van der Waals surface area contributed by atoms with Crippen LogP contribution < -0.4 is 5.32 Å². The molecule has 1 aromatic carbocycles. The molecule has 1 fully saturated rings. The number of hydrogen-bond donors (Lipinski definition) is 1. The van der Waals surface area contributed by atoms with Gasteiger partial charge in [0.15, 0.2) is 6.10 Å². The second-order valence-electron chi connectivity index (χ2n) is 6.69. The third kappa shape index (κ3) is 4.20. The minimum absolute atomic E-state index is 0.273. The van der Waals surface area contributed by atoms with Gasteiger partial charge in [-0.25, -0.2) is 4.79 Å². The molecule has 3 heterocycles. The maximum atomic E-state index is 12.5.